The first-order valence-corrected chi connectivity index (χ1v) is 10.2. The van der Waals surface area contributed by atoms with E-state index in [0.717, 1.165) is 16.7 Å². The minimum atomic E-state index is -0.638. The number of benzene rings is 1. The first kappa shape index (κ1) is 20.3. The number of Topliss-reactive ketones (excluding diaryl/α,β-unsaturated/α-hetero) is 1. The van der Waals surface area contributed by atoms with E-state index in [-0.39, 0.29) is 36.5 Å². The van der Waals surface area contributed by atoms with E-state index in [1.807, 2.05) is 30.2 Å². The molecular weight excluding hydrogens is 422 g/mol. The Labute approximate surface area is 173 Å². The average Bonchev–Trinajstić information content (AvgIpc) is 3.16. The molecule has 1 N–H and O–H groups in total. The summed E-state index contributed by atoms with van der Waals surface area (Å²) in [4.78, 5) is 39.0. The quantitative estimate of drug-likeness (QED) is 0.693. The molecule has 0 spiro atoms. The lowest BCUT2D eigenvalue weighted by molar-refractivity contribution is -0.136. The number of carbonyl (C=O) groups is 3. The van der Waals surface area contributed by atoms with E-state index in [4.69, 9.17) is 0 Å². The number of ketones is 1. The number of halogens is 1. The van der Waals surface area contributed by atoms with E-state index in [1.165, 1.54) is 0 Å². The van der Waals surface area contributed by atoms with Gasteiger partial charge in [0, 0.05) is 47.9 Å². The van der Waals surface area contributed by atoms with E-state index in [9.17, 15) is 14.4 Å². The Bertz CT molecular complexity index is 875. The van der Waals surface area contributed by atoms with Crippen molar-refractivity contribution in [3.63, 3.8) is 0 Å². The largest absolute Gasteiger partial charge is 0.348 e. The number of hydrogen-bond donors (Lipinski definition) is 1. The van der Waals surface area contributed by atoms with Crippen molar-refractivity contribution in [1.29, 1.82) is 0 Å². The zero-order valence-electron chi connectivity index (χ0n) is 16.0. The van der Waals surface area contributed by atoms with Gasteiger partial charge in [0.05, 0.1) is 12.1 Å². The molecule has 7 heteroatoms. The molecule has 6 nitrogen and oxygen atoms in total. The van der Waals surface area contributed by atoms with Gasteiger partial charge in [0.2, 0.25) is 11.8 Å². The average molecular weight is 446 g/mol. The second-order valence-electron chi connectivity index (χ2n) is 7.05. The fourth-order valence-corrected chi connectivity index (χ4v) is 3.79. The third-order valence-electron chi connectivity index (χ3n) is 5.13. The minimum Gasteiger partial charge on any atom is -0.348 e. The predicted molar refractivity (Wildman–Crippen MR) is 110 cm³/mol. The van der Waals surface area contributed by atoms with Crippen LogP contribution in [-0.2, 0) is 16.1 Å². The zero-order chi connectivity index (χ0) is 20.3. The monoisotopic (exact) mass is 445 g/mol. The fraction of sp³-hybridized carbons (Fsp3) is 0.381. The maximum Gasteiger partial charge on any atom is 0.223 e. The molecule has 148 valence electrons. The van der Waals surface area contributed by atoms with Crippen LogP contribution < -0.4 is 5.32 Å². The van der Waals surface area contributed by atoms with Crippen molar-refractivity contribution < 1.29 is 14.4 Å². The van der Waals surface area contributed by atoms with E-state index >= 15 is 0 Å². The van der Waals surface area contributed by atoms with Crippen molar-refractivity contribution >= 4 is 33.5 Å². The summed E-state index contributed by atoms with van der Waals surface area (Å²) in [7, 11) is 0. The molecular formula is C21H24BrN3O3. The summed E-state index contributed by atoms with van der Waals surface area (Å²) in [5.74, 6) is -0.487. The summed E-state index contributed by atoms with van der Waals surface area (Å²) >= 11 is 3.33. The summed E-state index contributed by atoms with van der Waals surface area (Å²) in [5, 5.41) is 2.70. The van der Waals surface area contributed by atoms with Gasteiger partial charge >= 0.3 is 0 Å². The molecule has 0 fully saturated rings. The SMILES string of the molecule is C[C@@H](NC(=O)CCC(=O)N1CCn2cccc2[C@@H]1C)C(=O)c1ccc(Br)cc1. The predicted octanol–water partition coefficient (Wildman–Crippen LogP) is 3.32. The molecule has 2 amide bonds. The van der Waals surface area contributed by atoms with Crippen LogP contribution in [0.4, 0.5) is 0 Å². The molecule has 0 aliphatic carbocycles. The highest BCUT2D eigenvalue weighted by atomic mass is 79.9. The molecule has 0 saturated heterocycles. The fourth-order valence-electron chi connectivity index (χ4n) is 3.53. The van der Waals surface area contributed by atoms with E-state index in [2.05, 4.69) is 25.8 Å². The van der Waals surface area contributed by atoms with E-state index in [0.29, 0.717) is 12.1 Å². The molecule has 1 aromatic carbocycles. The molecule has 3 rings (SSSR count). The topological polar surface area (TPSA) is 71.4 Å². The van der Waals surface area contributed by atoms with Gasteiger partial charge in [-0.15, -0.1) is 0 Å². The van der Waals surface area contributed by atoms with Crippen molar-refractivity contribution in [3.8, 4) is 0 Å². The van der Waals surface area contributed by atoms with Gasteiger partial charge < -0.3 is 14.8 Å². The van der Waals surface area contributed by atoms with Crippen LogP contribution in [0.25, 0.3) is 0 Å². The Balaban J connectivity index is 1.49. The van der Waals surface area contributed by atoms with Crippen LogP contribution in [0.3, 0.4) is 0 Å². The highest BCUT2D eigenvalue weighted by Crippen LogP contribution is 2.26. The van der Waals surface area contributed by atoms with E-state index in [1.54, 1.807) is 31.2 Å². The molecule has 1 aliphatic heterocycles. The summed E-state index contributed by atoms with van der Waals surface area (Å²) in [6.45, 7) is 5.07. The van der Waals surface area contributed by atoms with Crippen molar-refractivity contribution in [1.82, 2.24) is 14.8 Å². The first-order valence-electron chi connectivity index (χ1n) is 9.40. The van der Waals surface area contributed by atoms with Gasteiger partial charge in [0.25, 0.3) is 0 Å². The number of fused-ring (bicyclic) bond motifs is 1. The van der Waals surface area contributed by atoms with Crippen LogP contribution in [0.1, 0.15) is 48.8 Å². The number of aromatic nitrogens is 1. The van der Waals surface area contributed by atoms with Crippen molar-refractivity contribution in [2.24, 2.45) is 0 Å². The minimum absolute atomic E-state index is 0.00258. The Morgan fingerprint density at radius 2 is 1.86 bits per heavy atom. The molecule has 0 saturated carbocycles. The molecule has 0 bridgehead atoms. The summed E-state index contributed by atoms with van der Waals surface area (Å²) < 4.78 is 3.04. The number of carbonyl (C=O) groups excluding carboxylic acids is 3. The molecule has 0 unspecified atom stereocenters. The molecule has 2 atom stereocenters. The zero-order valence-corrected chi connectivity index (χ0v) is 17.6. The smallest absolute Gasteiger partial charge is 0.223 e. The number of hydrogen-bond acceptors (Lipinski definition) is 3. The normalized spacial score (nSPS) is 17.0. The number of amides is 2. The molecule has 2 aromatic rings. The van der Waals surface area contributed by atoms with Gasteiger partial charge in [-0.3, -0.25) is 14.4 Å². The molecule has 28 heavy (non-hydrogen) atoms. The Hall–Kier alpha value is -2.41. The highest BCUT2D eigenvalue weighted by Gasteiger charge is 2.27. The molecule has 1 aliphatic rings. The van der Waals surface area contributed by atoms with E-state index < -0.39 is 6.04 Å². The summed E-state index contributed by atoms with van der Waals surface area (Å²) in [5.41, 5.74) is 1.65. The molecule has 1 aromatic heterocycles. The lowest BCUT2D eigenvalue weighted by Crippen LogP contribution is -2.42. The van der Waals surface area contributed by atoms with Crippen LogP contribution in [-0.4, -0.2) is 39.7 Å². The standard InChI is InChI=1S/C21H24BrN3O3/c1-14(21(28)16-5-7-17(22)8-6-16)23-19(26)9-10-20(27)25-13-12-24-11-3-4-18(24)15(25)2/h3-8,11,14-15H,9-10,12-13H2,1-2H3,(H,23,26)/t14-,15+/m1/s1. The molecule has 2 heterocycles. The molecule has 0 radical (unpaired) electrons. The highest BCUT2D eigenvalue weighted by molar-refractivity contribution is 9.10. The van der Waals surface area contributed by atoms with Crippen molar-refractivity contribution in [3.05, 3.63) is 58.3 Å². The second-order valence-corrected chi connectivity index (χ2v) is 7.97. The van der Waals surface area contributed by atoms with Crippen LogP contribution in [0.2, 0.25) is 0 Å². The van der Waals surface area contributed by atoms with Crippen LogP contribution in [0.5, 0.6) is 0 Å². The van der Waals surface area contributed by atoms with Crippen LogP contribution in [0, 0.1) is 0 Å². The van der Waals surface area contributed by atoms with Gasteiger partial charge in [-0.25, -0.2) is 0 Å². The lowest BCUT2D eigenvalue weighted by Gasteiger charge is -2.35. The van der Waals surface area contributed by atoms with Gasteiger partial charge in [-0.05, 0) is 38.1 Å². The van der Waals surface area contributed by atoms with Crippen molar-refractivity contribution in [2.75, 3.05) is 6.54 Å². The number of nitrogens with zero attached hydrogens (tertiary/aromatic N) is 2. The third kappa shape index (κ3) is 4.52. The Kier molecular flexibility index (Phi) is 6.34. The number of rotatable bonds is 6. The van der Waals surface area contributed by atoms with Gasteiger partial charge in [-0.2, -0.15) is 0 Å². The summed E-state index contributed by atoms with van der Waals surface area (Å²) in [6.07, 6.45) is 2.22. The maximum atomic E-state index is 12.6. The van der Waals surface area contributed by atoms with Crippen molar-refractivity contribution in [2.45, 2.75) is 45.3 Å². The Morgan fingerprint density at radius 1 is 1.14 bits per heavy atom. The third-order valence-corrected chi connectivity index (χ3v) is 5.66. The van der Waals surface area contributed by atoms with Gasteiger partial charge in [-0.1, -0.05) is 28.1 Å². The van der Waals surface area contributed by atoms with Gasteiger partial charge in [0.1, 0.15) is 0 Å². The number of nitrogens with one attached hydrogen (secondary N) is 1. The van der Waals surface area contributed by atoms with Crippen LogP contribution >= 0.6 is 15.9 Å². The summed E-state index contributed by atoms with van der Waals surface area (Å²) in [6, 6.07) is 10.4. The maximum absolute atomic E-state index is 12.6. The first-order chi connectivity index (χ1) is 13.4. The lowest BCUT2D eigenvalue weighted by atomic mass is 10.1. The van der Waals surface area contributed by atoms with Gasteiger partial charge in [0.15, 0.2) is 5.78 Å². The Morgan fingerprint density at radius 3 is 2.57 bits per heavy atom. The van der Waals surface area contributed by atoms with Crippen LogP contribution in [0.15, 0.2) is 47.1 Å². The second kappa shape index (κ2) is 8.73.